The normalized spacial score (nSPS) is 15.1. The van der Waals surface area contributed by atoms with Crippen LogP contribution in [0.3, 0.4) is 0 Å². The van der Waals surface area contributed by atoms with Crippen LogP contribution in [-0.4, -0.2) is 47.9 Å². The van der Waals surface area contributed by atoms with E-state index >= 15 is 0 Å². The van der Waals surface area contributed by atoms with Crippen molar-refractivity contribution in [3.05, 3.63) is 33.9 Å². The number of hydrogen-bond acceptors (Lipinski definition) is 5. The van der Waals surface area contributed by atoms with Gasteiger partial charge in [-0.25, -0.2) is 0 Å². The van der Waals surface area contributed by atoms with Crippen LogP contribution in [0.2, 0.25) is 0 Å². The van der Waals surface area contributed by atoms with Crippen LogP contribution in [0, 0.1) is 10.1 Å². The molecule has 1 aromatic carbocycles. The summed E-state index contributed by atoms with van der Waals surface area (Å²) in [5, 5.41) is 13.9. The van der Waals surface area contributed by atoms with Crippen molar-refractivity contribution in [1.29, 1.82) is 0 Å². The Hall–Kier alpha value is -2.64. The van der Waals surface area contributed by atoms with Crippen LogP contribution < -0.4 is 10.1 Å². The van der Waals surface area contributed by atoms with Crippen LogP contribution in [-0.2, 0) is 4.79 Å². The molecule has 0 bridgehead atoms. The van der Waals surface area contributed by atoms with E-state index in [9.17, 15) is 19.7 Å². The summed E-state index contributed by atoms with van der Waals surface area (Å²) in [7, 11) is 1.34. The summed E-state index contributed by atoms with van der Waals surface area (Å²) in [4.78, 5) is 35.6. The number of rotatable bonds is 4. The number of piperidine rings is 1. The molecule has 1 heterocycles. The van der Waals surface area contributed by atoms with Gasteiger partial charge in [-0.2, -0.15) is 0 Å². The fraction of sp³-hybridized carbons (Fsp3) is 0.467. The lowest BCUT2D eigenvalue weighted by molar-refractivity contribution is -0.385. The molecule has 0 aromatic heterocycles. The van der Waals surface area contributed by atoms with Crippen molar-refractivity contribution < 1.29 is 19.2 Å². The Morgan fingerprint density at radius 1 is 1.35 bits per heavy atom. The lowest BCUT2D eigenvalue weighted by Gasteiger charge is -2.32. The van der Waals surface area contributed by atoms with Gasteiger partial charge in [0, 0.05) is 37.7 Å². The van der Waals surface area contributed by atoms with Crippen LogP contribution >= 0.6 is 0 Å². The first kappa shape index (κ1) is 16.7. The fourth-order valence-corrected chi connectivity index (χ4v) is 2.66. The van der Waals surface area contributed by atoms with Gasteiger partial charge in [0.25, 0.3) is 5.91 Å². The molecular formula is C15H19N3O5. The summed E-state index contributed by atoms with van der Waals surface area (Å²) in [5.74, 6) is -0.214. The van der Waals surface area contributed by atoms with Crippen molar-refractivity contribution in [2.45, 2.75) is 25.8 Å². The highest BCUT2D eigenvalue weighted by Gasteiger charge is 2.26. The molecule has 1 saturated heterocycles. The molecule has 0 saturated carbocycles. The van der Waals surface area contributed by atoms with Gasteiger partial charge in [0.2, 0.25) is 5.91 Å². The van der Waals surface area contributed by atoms with Gasteiger partial charge in [-0.15, -0.1) is 0 Å². The molecule has 1 aliphatic rings. The van der Waals surface area contributed by atoms with Gasteiger partial charge >= 0.3 is 5.69 Å². The second-order valence-corrected chi connectivity index (χ2v) is 5.41. The number of likely N-dealkylation sites (tertiary alicyclic amines) is 1. The summed E-state index contributed by atoms with van der Waals surface area (Å²) in [5.41, 5.74) is 0.0296. The Balaban J connectivity index is 2.08. The number of methoxy groups -OCH3 is 1. The molecule has 0 spiro atoms. The summed E-state index contributed by atoms with van der Waals surface area (Å²) >= 11 is 0. The molecule has 124 valence electrons. The summed E-state index contributed by atoms with van der Waals surface area (Å²) in [6.45, 7) is 2.47. The number of nitrogens with zero attached hydrogens (tertiary/aromatic N) is 2. The van der Waals surface area contributed by atoms with Gasteiger partial charge in [-0.1, -0.05) is 0 Å². The van der Waals surface area contributed by atoms with E-state index in [1.165, 1.54) is 32.2 Å². The molecule has 0 aliphatic carbocycles. The summed E-state index contributed by atoms with van der Waals surface area (Å²) < 4.78 is 4.93. The molecular weight excluding hydrogens is 302 g/mol. The van der Waals surface area contributed by atoms with Crippen molar-refractivity contribution in [2.24, 2.45) is 0 Å². The minimum atomic E-state index is -0.571. The van der Waals surface area contributed by atoms with Crippen molar-refractivity contribution in [2.75, 3.05) is 20.2 Å². The van der Waals surface area contributed by atoms with Crippen molar-refractivity contribution in [3.63, 3.8) is 0 Å². The molecule has 23 heavy (non-hydrogen) atoms. The number of carbonyl (C=O) groups is 2. The van der Waals surface area contributed by atoms with Gasteiger partial charge in [0.05, 0.1) is 12.0 Å². The molecule has 8 heteroatoms. The first-order valence-electron chi connectivity index (χ1n) is 7.31. The minimum absolute atomic E-state index is 0.0711. The minimum Gasteiger partial charge on any atom is -0.490 e. The molecule has 8 nitrogen and oxygen atoms in total. The monoisotopic (exact) mass is 321 g/mol. The Labute approximate surface area is 133 Å². The fourth-order valence-electron chi connectivity index (χ4n) is 2.66. The summed E-state index contributed by atoms with van der Waals surface area (Å²) in [6, 6.07) is 4.26. The van der Waals surface area contributed by atoms with Crippen LogP contribution in [0.1, 0.15) is 30.1 Å². The smallest absolute Gasteiger partial charge is 0.311 e. The highest BCUT2D eigenvalue weighted by Crippen LogP contribution is 2.28. The predicted molar refractivity (Wildman–Crippen MR) is 82.4 cm³/mol. The molecule has 2 rings (SSSR count). The number of nitro benzene ring substituents is 1. The average Bonchev–Trinajstić information content (AvgIpc) is 2.53. The van der Waals surface area contributed by atoms with Crippen LogP contribution in [0.15, 0.2) is 18.2 Å². The van der Waals surface area contributed by atoms with E-state index in [1.54, 1.807) is 4.90 Å². The quantitative estimate of drug-likeness (QED) is 0.666. The maximum atomic E-state index is 12.5. The maximum absolute atomic E-state index is 12.5. The zero-order valence-electron chi connectivity index (χ0n) is 13.1. The SMILES string of the molecule is COc1ccc(C(=O)N2CCC(NC(C)=O)CC2)cc1[N+](=O)[O-]. The zero-order valence-corrected chi connectivity index (χ0v) is 13.1. The van der Waals surface area contributed by atoms with E-state index in [1.807, 2.05) is 0 Å². The largest absolute Gasteiger partial charge is 0.490 e. The van der Waals surface area contributed by atoms with E-state index in [0.29, 0.717) is 25.9 Å². The van der Waals surface area contributed by atoms with Crippen LogP contribution in [0.25, 0.3) is 0 Å². The topological polar surface area (TPSA) is 102 Å². The van der Waals surface area contributed by atoms with E-state index in [4.69, 9.17) is 4.74 Å². The number of nitro groups is 1. The Bertz CT molecular complexity index is 624. The molecule has 0 unspecified atom stereocenters. The number of amides is 2. The first-order valence-corrected chi connectivity index (χ1v) is 7.31. The van der Waals surface area contributed by atoms with Gasteiger partial charge in [0.1, 0.15) is 0 Å². The highest BCUT2D eigenvalue weighted by molar-refractivity contribution is 5.95. The van der Waals surface area contributed by atoms with Crippen molar-refractivity contribution >= 4 is 17.5 Å². The second-order valence-electron chi connectivity index (χ2n) is 5.41. The number of carbonyl (C=O) groups excluding carboxylic acids is 2. The van der Waals surface area contributed by atoms with Gasteiger partial charge < -0.3 is 15.0 Å². The maximum Gasteiger partial charge on any atom is 0.311 e. The third-order valence-corrected chi connectivity index (χ3v) is 3.81. The molecule has 0 radical (unpaired) electrons. The lowest BCUT2D eigenvalue weighted by Crippen LogP contribution is -2.46. The average molecular weight is 321 g/mol. The van der Waals surface area contributed by atoms with Gasteiger partial charge in [-0.3, -0.25) is 19.7 Å². The molecule has 1 fully saturated rings. The van der Waals surface area contributed by atoms with Crippen LogP contribution in [0.5, 0.6) is 5.75 Å². The van der Waals surface area contributed by atoms with Crippen molar-refractivity contribution in [3.8, 4) is 5.75 Å². The van der Waals surface area contributed by atoms with Crippen LogP contribution in [0.4, 0.5) is 5.69 Å². The Morgan fingerprint density at radius 3 is 2.52 bits per heavy atom. The molecule has 0 atom stereocenters. The number of nitrogens with one attached hydrogen (secondary N) is 1. The van der Waals surface area contributed by atoms with E-state index in [2.05, 4.69) is 5.32 Å². The van der Waals surface area contributed by atoms with E-state index < -0.39 is 4.92 Å². The third-order valence-electron chi connectivity index (χ3n) is 3.81. The Kier molecular flexibility index (Phi) is 5.15. The Morgan fingerprint density at radius 2 is 2.00 bits per heavy atom. The molecule has 1 aliphatic heterocycles. The lowest BCUT2D eigenvalue weighted by atomic mass is 10.0. The molecule has 2 amide bonds. The molecule has 1 aromatic rings. The number of hydrogen-bond donors (Lipinski definition) is 1. The number of ether oxygens (including phenoxy) is 1. The second kappa shape index (κ2) is 7.08. The van der Waals surface area contributed by atoms with Gasteiger partial charge in [-0.05, 0) is 25.0 Å². The van der Waals surface area contributed by atoms with E-state index in [0.717, 1.165) is 0 Å². The number of benzene rings is 1. The first-order chi connectivity index (χ1) is 10.9. The third kappa shape index (κ3) is 3.97. The summed E-state index contributed by atoms with van der Waals surface area (Å²) in [6.07, 6.45) is 1.34. The van der Waals surface area contributed by atoms with Gasteiger partial charge in [0.15, 0.2) is 5.75 Å². The standard InChI is InChI=1S/C15H19N3O5/c1-10(19)16-12-5-7-17(8-6-12)15(20)11-3-4-14(23-2)13(9-11)18(21)22/h3-4,9,12H,5-8H2,1-2H3,(H,16,19). The highest BCUT2D eigenvalue weighted by atomic mass is 16.6. The zero-order chi connectivity index (χ0) is 17.0. The molecule has 1 N–H and O–H groups in total. The van der Waals surface area contributed by atoms with E-state index in [-0.39, 0.29) is 34.9 Å². The predicted octanol–water partition coefficient (Wildman–Crippen LogP) is 1.34. The van der Waals surface area contributed by atoms with Crippen molar-refractivity contribution in [1.82, 2.24) is 10.2 Å².